The highest BCUT2D eigenvalue weighted by Crippen LogP contribution is 2.43. The molecular weight excluding hydrogens is 539 g/mol. The first-order chi connectivity index (χ1) is 19.5. The van der Waals surface area contributed by atoms with E-state index in [4.69, 9.17) is 4.74 Å². The van der Waals surface area contributed by atoms with E-state index in [0.717, 1.165) is 12.1 Å². The molecule has 0 spiro atoms. The van der Waals surface area contributed by atoms with E-state index in [1.807, 2.05) is 34.9 Å². The van der Waals surface area contributed by atoms with Crippen molar-refractivity contribution in [1.82, 2.24) is 19.3 Å². The molecule has 1 aliphatic rings. The van der Waals surface area contributed by atoms with Gasteiger partial charge in [-0.2, -0.15) is 18.4 Å². The normalized spacial score (nSPS) is 15.0. The van der Waals surface area contributed by atoms with Gasteiger partial charge in [-0.3, -0.25) is 4.90 Å². The largest absolute Gasteiger partial charge is 0.466 e. The van der Waals surface area contributed by atoms with Gasteiger partial charge in [-0.15, -0.1) is 5.10 Å². The molecule has 0 radical (unpaired) electrons. The Kier molecular flexibility index (Phi) is 7.00. The second-order valence-electron chi connectivity index (χ2n) is 9.57. The van der Waals surface area contributed by atoms with E-state index in [-0.39, 0.29) is 22.9 Å². The van der Waals surface area contributed by atoms with Crippen LogP contribution in [0.15, 0.2) is 77.3 Å². The number of allylic oxidation sites excluding steroid dienone is 1. The summed E-state index contributed by atoms with van der Waals surface area (Å²) in [6, 6.07) is 10.6. The molecule has 0 saturated heterocycles. The van der Waals surface area contributed by atoms with Crippen LogP contribution in [0.2, 0.25) is 0 Å². The molecule has 10 nitrogen and oxygen atoms in total. The highest BCUT2D eigenvalue weighted by Gasteiger charge is 2.41. The lowest BCUT2D eigenvalue weighted by Crippen LogP contribution is -2.38. The van der Waals surface area contributed by atoms with Crippen molar-refractivity contribution in [2.24, 2.45) is 7.05 Å². The fourth-order valence-corrected chi connectivity index (χ4v) is 5.12. The van der Waals surface area contributed by atoms with Crippen LogP contribution in [0.3, 0.4) is 0 Å². The summed E-state index contributed by atoms with van der Waals surface area (Å²) in [5.74, 6) is -0.770. The summed E-state index contributed by atoms with van der Waals surface area (Å²) < 4.78 is 50.9. The summed E-state index contributed by atoms with van der Waals surface area (Å²) in [6.45, 7) is 2.10. The molecule has 0 fully saturated rings. The third kappa shape index (κ3) is 5.00. The number of methoxy groups -OCH3 is 1. The number of nitrogens with zero attached hydrogens (tertiary/aromatic N) is 6. The van der Waals surface area contributed by atoms with Crippen LogP contribution in [0.4, 0.5) is 24.8 Å². The molecule has 13 heteroatoms. The third-order valence-corrected chi connectivity index (χ3v) is 7.01. The zero-order valence-electron chi connectivity index (χ0n) is 22.3. The Labute approximate surface area is 232 Å². The molecule has 4 aromatic rings. The zero-order valence-corrected chi connectivity index (χ0v) is 22.3. The first-order valence-corrected chi connectivity index (χ1v) is 12.5. The van der Waals surface area contributed by atoms with Crippen molar-refractivity contribution in [2.75, 3.05) is 12.0 Å². The van der Waals surface area contributed by atoms with E-state index < -0.39 is 29.4 Å². The van der Waals surface area contributed by atoms with Crippen LogP contribution in [0, 0.1) is 11.3 Å². The molecule has 5 rings (SSSR count). The number of fused-ring (bicyclic) bond motifs is 1. The van der Waals surface area contributed by atoms with E-state index >= 15 is 0 Å². The molecule has 1 unspecified atom stereocenters. The van der Waals surface area contributed by atoms with Gasteiger partial charge in [0.25, 0.3) is 0 Å². The number of ether oxygens (including phenoxy) is 1. The lowest BCUT2D eigenvalue weighted by molar-refractivity contribution is -0.695. The van der Waals surface area contributed by atoms with Gasteiger partial charge in [0, 0.05) is 17.8 Å². The number of aryl methyl sites for hydroxylation is 3. The molecule has 41 heavy (non-hydrogen) atoms. The molecule has 3 heterocycles. The molecule has 0 saturated carbocycles. The van der Waals surface area contributed by atoms with Crippen LogP contribution in [-0.4, -0.2) is 32.4 Å². The number of esters is 1. The number of hydrogen-bond donors (Lipinski definition) is 1. The van der Waals surface area contributed by atoms with Gasteiger partial charge in [-0.25, -0.2) is 28.4 Å². The van der Waals surface area contributed by atoms with E-state index in [1.54, 1.807) is 25.1 Å². The number of H-pyrrole nitrogens is 1. The Morgan fingerprint density at radius 2 is 2.02 bits per heavy atom. The van der Waals surface area contributed by atoms with Gasteiger partial charge in [0.2, 0.25) is 12.3 Å². The lowest BCUT2D eigenvalue weighted by Gasteiger charge is -2.36. The van der Waals surface area contributed by atoms with Gasteiger partial charge in [-0.1, -0.05) is 12.1 Å². The Morgan fingerprint density at radius 1 is 1.24 bits per heavy atom. The monoisotopic (exact) mass is 564 g/mol. The molecule has 1 atom stereocenters. The van der Waals surface area contributed by atoms with E-state index in [0.29, 0.717) is 29.7 Å². The highest BCUT2D eigenvalue weighted by atomic mass is 19.4. The number of anilines is 2. The van der Waals surface area contributed by atoms with Crippen molar-refractivity contribution in [2.45, 2.75) is 32.1 Å². The average Bonchev–Trinajstić information content (AvgIpc) is 3.55. The number of hydrogen-bond acceptors (Lipinski definition) is 6. The maximum atomic E-state index is 13.6. The molecule has 210 valence electrons. The van der Waals surface area contributed by atoms with Gasteiger partial charge in [0.15, 0.2) is 0 Å². The molecule has 1 aliphatic heterocycles. The van der Waals surface area contributed by atoms with Gasteiger partial charge >= 0.3 is 17.8 Å². The second kappa shape index (κ2) is 10.5. The van der Waals surface area contributed by atoms with Crippen LogP contribution in [0.5, 0.6) is 0 Å². The van der Waals surface area contributed by atoms with Gasteiger partial charge in [0.1, 0.15) is 18.4 Å². The molecule has 0 aliphatic carbocycles. The summed E-state index contributed by atoms with van der Waals surface area (Å²) in [5.41, 5.74) is 0.395. The Bertz CT molecular complexity index is 1770. The van der Waals surface area contributed by atoms with Crippen LogP contribution >= 0.6 is 0 Å². The number of benzene rings is 2. The fraction of sp³-hybridized carbons (Fsp3) is 0.250. The quantitative estimate of drug-likeness (QED) is 0.283. The molecule has 2 aromatic carbocycles. The predicted octanol–water partition coefficient (Wildman–Crippen LogP) is 3.52. The number of nitriles is 1. The van der Waals surface area contributed by atoms with Gasteiger partial charge < -0.3 is 4.74 Å². The van der Waals surface area contributed by atoms with E-state index in [9.17, 15) is 28.0 Å². The third-order valence-electron chi connectivity index (χ3n) is 7.01. The molecule has 0 amide bonds. The number of carbonyl (C=O) groups is 1. The standard InChI is InChI=1S/C28H24F3N7O3/c1-17-23(25(39)41-3)24(22-8-7-18(15-32)13-19(22)9-10-36-12-11-35(2)16-36)38-26(33-34-27(38)40)37(17)21-6-4-5-20(14-21)28(29,30)31/h4-8,11-14,16,24H,9-10H2,1-3H3/p+1. The first kappa shape index (κ1) is 27.4. The van der Waals surface area contributed by atoms with Gasteiger partial charge in [-0.05, 0) is 48.4 Å². The summed E-state index contributed by atoms with van der Waals surface area (Å²) in [5, 5.41) is 16.1. The number of rotatable bonds is 6. The summed E-state index contributed by atoms with van der Waals surface area (Å²) in [6.07, 6.45) is 1.50. The van der Waals surface area contributed by atoms with E-state index in [1.165, 1.54) is 28.7 Å². The molecule has 1 N–H and O–H groups in total. The Morgan fingerprint density at radius 3 is 2.68 bits per heavy atom. The fourth-order valence-electron chi connectivity index (χ4n) is 5.12. The summed E-state index contributed by atoms with van der Waals surface area (Å²) in [7, 11) is 3.08. The van der Waals surface area contributed by atoms with E-state index in [2.05, 4.69) is 16.3 Å². The van der Waals surface area contributed by atoms with Crippen molar-refractivity contribution in [1.29, 1.82) is 5.26 Å². The molecule has 2 aromatic heterocycles. The van der Waals surface area contributed by atoms with Crippen LogP contribution in [0.1, 0.15) is 35.2 Å². The number of imidazole rings is 1. The SMILES string of the molecule is COC(=O)C1=C(C)N(c2cccc(C(F)(F)F)c2)c2n[nH]c(=O)n2C1c1ccc(C#N)cc1CC[n+]1ccn(C)c1. The first-order valence-electron chi connectivity index (χ1n) is 12.5. The van der Waals surface area contributed by atoms with Crippen molar-refractivity contribution in [3.05, 3.63) is 105 Å². The van der Waals surface area contributed by atoms with Crippen molar-refractivity contribution in [3.63, 3.8) is 0 Å². The van der Waals surface area contributed by atoms with Crippen molar-refractivity contribution < 1.29 is 27.3 Å². The maximum Gasteiger partial charge on any atom is 0.416 e. The summed E-state index contributed by atoms with van der Waals surface area (Å²) in [4.78, 5) is 27.9. The van der Waals surface area contributed by atoms with Crippen LogP contribution in [0.25, 0.3) is 0 Å². The van der Waals surface area contributed by atoms with Crippen molar-refractivity contribution in [3.8, 4) is 6.07 Å². The number of carbonyl (C=O) groups excluding carboxylic acids is 1. The minimum atomic E-state index is -4.61. The lowest BCUT2D eigenvalue weighted by atomic mass is 9.89. The smallest absolute Gasteiger partial charge is 0.416 e. The highest BCUT2D eigenvalue weighted by molar-refractivity contribution is 5.93. The zero-order chi connectivity index (χ0) is 29.5. The van der Waals surface area contributed by atoms with Crippen LogP contribution in [-0.2, 0) is 35.7 Å². The maximum absolute atomic E-state index is 13.6. The topological polar surface area (TPSA) is 113 Å². The Hall–Kier alpha value is -5.12. The minimum absolute atomic E-state index is 0.00257. The Balaban J connectivity index is 1.72. The predicted molar refractivity (Wildman–Crippen MR) is 140 cm³/mol. The molecule has 0 bridgehead atoms. The van der Waals surface area contributed by atoms with Crippen molar-refractivity contribution >= 4 is 17.6 Å². The molecular formula is C28H25F3N7O3+. The number of halogens is 3. The average molecular weight is 565 g/mol. The second-order valence-corrected chi connectivity index (χ2v) is 9.57. The van der Waals surface area contributed by atoms with Crippen LogP contribution < -0.4 is 15.2 Å². The number of aromatic amines is 1. The van der Waals surface area contributed by atoms with Gasteiger partial charge in [0.05, 0.1) is 43.5 Å². The number of nitrogens with one attached hydrogen (secondary N) is 1. The number of alkyl halides is 3. The number of aromatic nitrogens is 5. The summed E-state index contributed by atoms with van der Waals surface area (Å²) >= 11 is 0. The minimum Gasteiger partial charge on any atom is -0.466 e.